The molecule has 0 aliphatic rings. The Balaban J connectivity index is 4.39. The lowest BCUT2D eigenvalue weighted by Gasteiger charge is -2.18. The molecule has 0 aliphatic carbocycles. The second-order valence-electron chi connectivity index (χ2n) is 20.9. The van der Waals surface area contributed by atoms with Gasteiger partial charge in [0.05, 0.1) is 0 Å². The summed E-state index contributed by atoms with van der Waals surface area (Å²) < 4.78 is 16.9. The average molecular weight is 1020 g/mol. The number of ether oxygens (including phenoxy) is 3. The van der Waals surface area contributed by atoms with Crippen molar-refractivity contribution in [3.05, 3.63) is 72.9 Å². The van der Waals surface area contributed by atoms with Gasteiger partial charge in [-0.1, -0.05) is 280 Å². The zero-order valence-electron chi connectivity index (χ0n) is 48.4. The molecule has 0 saturated carbocycles. The van der Waals surface area contributed by atoms with E-state index in [1.165, 1.54) is 167 Å². The second-order valence-corrected chi connectivity index (χ2v) is 20.9. The molecule has 0 saturated heterocycles. The minimum atomic E-state index is -0.784. The molecule has 0 heterocycles. The Morgan fingerprint density at radius 2 is 0.534 bits per heavy atom. The van der Waals surface area contributed by atoms with Gasteiger partial charge in [-0.15, -0.1) is 0 Å². The third-order valence-corrected chi connectivity index (χ3v) is 13.7. The zero-order valence-corrected chi connectivity index (χ0v) is 48.4. The lowest BCUT2D eigenvalue weighted by atomic mass is 10.0. The van der Waals surface area contributed by atoms with Crippen LogP contribution in [0.3, 0.4) is 0 Å². The van der Waals surface area contributed by atoms with E-state index in [4.69, 9.17) is 14.2 Å². The fourth-order valence-corrected chi connectivity index (χ4v) is 9.00. The van der Waals surface area contributed by atoms with Crippen LogP contribution in [0.5, 0.6) is 0 Å². The first-order valence-corrected chi connectivity index (χ1v) is 31.4. The Kier molecular flexibility index (Phi) is 58.7. The van der Waals surface area contributed by atoms with Crippen molar-refractivity contribution in [2.75, 3.05) is 13.2 Å². The van der Waals surface area contributed by atoms with Crippen LogP contribution in [-0.4, -0.2) is 37.2 Å². The molecule has 1 atom stereocenters. The molecule has 1 unspecified atom stereocenters. The smallest absolute Gasteiger partial charge is 0.306 e. The van der Waals surface area contributed by atoms with E-state index >= 15 is 0 Å². The Bertz CT molecular complexity index is 1360. The lowest BCUT2D eigenvalue weighted by Crippen LogP contribution is -2.30. The quantitative estimate of drug-likeness (QED) is 0.0261. The molecule has 6 heteroatoms. The van der Waals surface area contributed by atoms with Crippen LogP contribution in [-0.2, 0) is 28.6 Å². The summed E-state index contributed by atoms with van der Waals surface area (Å²) in [6.07, 6.45) is 78.9. The first kappa shape index (κ1) is 69.8. The predicted octanol–water partition coefficient (Wildman–Crippen LogP) is 21.3. The molecule has 0 aromatic heterocycles. The average Bonchev–Trinajstić information content (AvgIpc) is 3.39. The van der Waals surface area contributed by atoms with Crippen molar-refractivity contribution >= 4 is 17.9 Å². The number of unbranched alkanes of at least 4 members (excludes halogenated alkanes) is 34. The van der Waals surface area contributed by atoms with Crippen LogP contribution in [0.25, 0.3) is 0 Å². The number of esters is 3. The number of rotatable bonds is 57. The van der Waals surface area contributed by atoms with Crippen molar-refractivity contribution in [3.63, 3.8) is 0 Å². The topological polar surface area (TPSA) is 78.9 Å². The van der Waals surface area contributed by atoms with E-state index in [2.05, 4.69) is 93.7 Å². The van der Waals surface area contributed by atoms with Gasteiger partial charge < -0.3 is 14.2 Å². The summed E-state index contributed by atoms with van der Waals surface area (Å²) in [7, 11) is 0. The first-order valence-electron chi connectivity index (χ1n) is 31.4. The Hall–Kier alpha value is -3.15. The Morgan fingerprint density at radius 3 is 0.849 bits per heavy atom. The highest BCUT2D eigenvalue weighted by molar-refractivity contribution is 5.71. The molecule has 0 rings (SSSR count). The largest absolute Gasteiger partial charge is 0.462 e. The summed E-state index contributed by atoms with van der Waals surface area (Å²) >= 11 is 0. The summed E-state index contributed by atoms with van der Waals surface area (Å²) in [5, 5.41) is 0. The molecule has 6 nitrogen and oxygen atoms in total. The number of hydrogen-bond donors (Lipinski definition) is 0. The maximum absolute atomic E-state index is 12.9. The maximum Gasteiger partial charge on any atom is 0.306 e. The van der Waals surface area contributed by atoms with Crippen molar-refractivity contribution in [1.29, 1.82) is 0 Å². The van der Waals surface area contributed by atoms with Crippen LogP contribution in [0.1, 0.15) is 316 Å². The van der Waals surface area contributed by atoms with E-state index in [0.29, 0.717) is 19.3 Å². The van der Waals surface area contributed by atoms with Crippen LogP contribution < -0.4 is 0 Å². The van der Waals surface area contributed by atoms with Crippen LogP contribution in [0.4, 0.5) is 0 Å². The number of carbonyl (C=O) groups is 3. The van der Waals surface area contributed by atoms with Crippen molar-refractivity contribution < 1.29 is 28.6 Å². The molecule has 0 aliphatic heterocycles. The summed E-state index contributed by atoms with van der Waals surface area (Å²) in [6, 6.07) is 0. The summed E-state index contributed by atoms with van der Waals surface area (Å²) in [5.41, 5.74) is 0. The van der Waals surface area contributed by atoms with Gasteiger partial charge in [0, 0.05) is 19.3 Å². The Morgan fingerprint density at radius 1 is 0.288 bits per heavy atom. The summed E-state index contributed by atoms with van der Waals surface area (Å²) in [4.78, 5) is 38.3. The summed E-state index contributed by atoms with van der Waals surface area (Å²) in [6.45, 7) is 6.55. The third kappa shape index (κ3) is 59.6. The molecule has 0 spiro atoms. The number of hydrogen-bond acceptors (Lipinski definition) is 6. The predicted molar refractivity (Wildman–Crippen MR) is 316 cm³/mol. The molecular formula is C67H118O6. The Labute approximate surface area is 453 Å². The van der Waals surface area contributed by atoms with Crippen LogP contribution >= 0.6 is 0 Å². The normalized spacial score (nSPS) is 12.5. The van der Waals surface area contributed by atoms with Gasteiger partial charge in [0.2, 0.25) is 0 Å². The lowest BCUT2D eigenvalue weighted by molar-refractivity contribution is -0.167. The number of allylic oxidation sites excluding steroid dienone is 12. The minimum Gasteiger partial charge on any atom is -0.462 e. The zero-order chi connectivity index (χ0) is 52.9. The molecule has 0 bridgehead atoms. The molecule has 0 radical (unpaired) electrons. The van der Waals surface area contributed by atoms with Crippen molar-refractivity contribution in [1.82, 2.24) is 0 Å². The molecule has 0 aromatic rings. The number of carbonyl (C=O) groups excluding carboxylic acids is 3. The van der Waals surface area contributed by atoms with Gasteiger partial charge in [-0.25, -0.2) is 0 Å². The third-order valence-electron chi connectivity index (χ3n) is 13.7. The molecule has 0 N–H and O–H groups in total. The second kappa shape index (κ2) is 61.4. The van der Waals surface area contributed by atoms with E-state index in [1.807, 2.05) is 0 Å². The van der Waals surface area contributed by atoms with E-state index in [9.17, 15) is 14.4 Å². The van der Waals surface area contributed by atoms with Gasteiger partial charge in [-0.2, -0.15) is 0 Å². The van der Waals surface area contributed by atoms with Gasteiger partial charge in [0.25, 0.3) is 0 Å². The molecule has 73 heavy (non-hydrogen) atoms. The fraction of sp³-hybridized carbons (Fsp3) is 0.776. The molecule has 0 aromatic carbocycles. The minimum absolute atomic E-state index is 0.0794. The van der Waals surface area contributed by atoms with E-state index in [0.717, 1.165) is 109 Å². The van der Waals surface area contributed by atoms with Gasteiger partial charge in [-0.05, 0) is 89.9 Å². The molecule has 422 valence electrons. The van der Waals surface area contributed by atoms with Gasteiger partial charge in [0.15, 0.2) is 6.10 Å². The molecule has 0 amide bonds. The maximum atomic E-state index is 12.9. The van der Waals surface area contributed by atoms with Gasteiger partial charge in [-0.3, -0.25) is 14.4 Å². The highest BCUT2D eigenvalue weighted by Gasteiger charge is 2.19. The van der Waals surface area contributed by atoms with Crippen molar-refractivity contribution in [3.8, 4) is 0 Å². The van der Waals surface area contributed by atoms with Gasteiger partial charge >= 0.3 is 17.9 Å². The summed E-state index contributed by atoms with van der Waals surface area (Å²) in [5.74, 6) is -0.885. The van der Waals surface area contributed by atoms with E-state index in [-0.39, 0.29) is 31.1 Å². The molecule has 0 fully saturated rings. The SMILES string of the molecule is CC/C=C\C/C=C\C/C=C\C/C=C\C/C=C\CCCCCCCC(=O)OCC(COC(=O)CCCCCCCCCCCCCCCCC)OC(=O)CCCCCCCCCCC/C=C\CCCCCCCC. The highest BCUT2D eigenvalue weighted by atomic mass is 16.6. The standard InChI is InChI=1S/C67H118O6/c1-4-7-10-13-16-19-22-25-28-30-32-33-35-36-39-42-45-48-51-54-57-60-66(69)72-63-64(62-71-65(68)59-56-53-50-47-44-41-38-27-24-21-18-15-12-9-6-3)73-67(70)61-58-55-52-49-46-43-40-37-34-31-29-26-23-20-17-14-11-8-5-2/h7,10,16,19,25-26,28-29,32-33,36,39,64H,4-6,8-9,11-15,17-18,20-24,27,30-31,34-35,37-38,40-63H2,1-3H3/b10-7-,19-16-,28-25-,29-26-,33-32-,39-36-. The highest BCUT2D eigenvalue weighted by Crippen LogP contribution is 2.16. The van der Waals surface area contributed by atoms with Crippen molar-refractivity contribution in [2.45, 2.75) is 322 Å². The van der Waals surface area contributed by atoms with Gasteiger partial charge in [0.1, 0.15) is 13.2 Å². The van der Waals surface area contributed by atoms with Crippen LogP contribution in [0.15, 0.2) is 72.9 Å². The van der Waals surface area contributed by atoms with Crippen LogP contribution in [0.2, 0.25) is 0 Å². The monoisotopic (exact) mass is 1020 g/mol. The van der Waals surface area contributed by atoms with Crippen LogP contribution in [0, 0.1) is 0 Å². The molecular weight excluding hydrogens is 901 g/mol. The first-order chi connectivity index (χ1) is 36.0. The van der Waals surface area contributed by atoms with Crippen molar-refractivity contribution in [2.24, 2.45) is 0 Å². The fourth-order valence-electron chi connectivity index (χ4n) is 9.00. The van der Waals surface area contributed by atoms with E-state index in [1.54, 1.807) is 0 Å². The van der Waals surface area contributed by atoms with E-state index < -0.39 is 6.10 Å².